The molecule has 1 saturated carbocycles. The van der Waals surface area contributed by atoms with Crippen molar-refractivity contribution in [3.63, 3.8) is 0 Å². The highest BCUT2D eigenvalue weighted by Crippen LogP contribution is 2.30. The van der Waals surface area contributed by atoms with Gasteiger partial charge in [-0.1, -0.05) is 43.7 Å². The van der Waals surface area contributed by atoms with Crippen molar-refractivity contribution >= 4 is 33.0 Å². The molecule has 0 unspecified atom stereocenters. The van der Waals surface area contributed by atoms with Crippen molar-refractivity contribution in [3.05, 3.63) is 16.5 Å². The van der Waals surface area contributed by atoms with E-state index in [0.29, 0.717) is 16.8 Å². The molecule has 20 heavy (non-hydrogen) atoms. The molecule has 0 amide bonds. The molecule has 0 saturated heterocycles. The summed E-state index contributed by atoms with van der Waals surface area (Å²) in [4.78, 5) is 0. The largest absolute Gasteiger partial charge is 0.396 e. The van der Waals surface area contributed by atoms with Gasteiger partial charge in [0.15, 0.2) is 0 Å². The van der Waals surface area contributed by atoms with Gasteiger partial charge in [-0.3, -0.25) is 0 Å². The number of nitrogens with one attached hydrogen (secondary N) is 1. The lowest BCUT2D eigenvalue weighted by molar-refractivity contribution is 0.150. The summed E-state index contributed by atoms with van der Waals surface area (Å²) >= 11 is 6.81. The molecule has 0 aromatic carbocycles. The van der Waals surface area contributed by atoms with E-state index in [2.05, 4.69) is 4.72 Å². The third-order valence-corrected chi connectivity index (χ3v) is 7.05. The number of halogens is 1. The highest BCUT2D eigenvalue weighted by atomic mass is 35.5. The van der Waals surface area contributed by atoms with Crippen LogP contribution in [0.25, 0.3) is 0 Å². The summed E-state index contributed by atoms with van der Waals surface area (Å²) in [5, 5.41) is 9.50. The molecular weight excluding hydrogens is 318 g/mol. The van der Waals surface area contributed by atoms with E-state index in [4.69, 9.17) is 11.6 Å². The normalized spacial score (nSPS) is 19.1. The summed E-state index contributed by atoms with van der Waals surface area (Å²) in [6, 6.07) is 3.08. The number of hydrogen-bond acceptors (Lipinski definition) is 4. The molecule has 1 fully saturated rings. The van der Waals surface area contributed by atoms with E-state index in [1.54, 1.807) is 6.07 Å². The quantitative estimate of drug-likeness (QED) is 0.838. The average Bonchev–Trinajstić information content (AvgIpc) is 2.88. The van der Waals surface area contributed by atoms with Gasteiger partial charge >= 0.3 is 0 Å². The fourth-order valence-corrected chi connectivity index (χ4v) is 5.34. The minimum Gasteiger partial charge on any atom is -0.396 e. The predicted octanol–water partition coefficient (Wildman–Crippen LogP) is 2.87. The lowest BCUT2D eigenvalue weighted by Crippen LogP contribution is -2.35. The van der Waals surface area contributed by atoms with E-state index in [0.717, 1.165) is 24.2 Å². The first-order valence-corrected chi connectivity index (χ1v) is 9.56. The molecule has 2 rings (SSSR count). The second-order valence-electron chi connectivity index (χ2n) is 5.25. The molecule has 1 atom stereocenters. The Morgan fingerprint density at radius 3 is 2.60 bits per heavy atom. The van der Waals surface area contributed by atoms with Crippen LogP contribution in [0.1, 0.15) is 32.1 Å². The molecule has 4 nitrogen and oxygen atoms in total. The third kappa shape index (κ3) is 4.18. The molecule has 1 aliphatic rings. The molecule has 114 valence electrons. The maximum atomic E-state index is 12.1. The topological polar surface area (TPSA) is 66.4 Å². The number of thiophene rings is 1. The Balaban J connectivity index is 1.95. The van der Waals surface area contributed by atoms with Gasteiger partial charge in [0.25, 0.3) is 0 Å². The Morgan fingerprint density at radius 2 is 2.05 bits per heavy atom. The van der Waals surface area contributed by atoms with Crippen LogP contribution in [-0.4, -0.2) is 26.7 Å². The second kappa shape index (κ2) is 7.22. The molecule has 1 aromatic rings. The van der Waals surface area contributed by atoms with Gasteiger partial charge in [0.2, 0.25) is 10.0 Å². The first-order valence-electron chi connectivity index (χ1n) is 6.89. The van der Waals surface area contributed by atoms with E-state index in [1.807, 2.05) is 0 Å². The molecule has 7 heteroatoms. The van der Waals surface area contributed by atoms with Crippen LogP contribution in [0.15, 0.2) is 16.3 Å². The minimum atomic E-state index is -3.51. The number of hydrogen-bond donors (Lipinski definition) is 2. The summed E-state index contributed by atoms with van der Waals surface area (Å²) in [5.74, 6) is 0.420. The number of aliphatic hydroxyl groups is 1. The van der Waals surface area contributed by atoms with Gasteiger partial charge in [0.05, 0.1) is 4.34 Å². The Kier molecular flexibility index (Phi) is 5.86. The monoisotopic (exact) mass is 337 g/mol. The summed E-state index contributed by atoms with van der Waals surface area (Å²) in [5.41, 5.74) is 0. The first kappa shape index (κ1) is 16.2. The van der Waals surface area contributed by atoms with Crippen molar-refractivity contribution in [2.24, 2.45) is 11.8 Å². The molecule has 1 aromatic heterocycles. The molecule has 0 spiro atoms. The molecule has 0 aliphatic heterocycles. The Morgan fingerprint density at radius 1 is 1.35 bits per heavy atom. The van der Waals surface area contributed by atoms with E-state index >= 15 is 0 Å². The predicted molar refractivity (Wildman–Crippen MR) is 81.7 cm³/mol. The van der Waals surface area contributed by atoms with Crippen molar-refractivity contribution in [2.75, 3.05) is 13.2 Å². The lowest BCUT2D eigenvalue weighted by atomic mass is 9.80. The molecular formula is C13H20ClNO3S2. The van der Waals surface area contributed by atoms with Crippen molar-refractivity contribution in [3.8, 4) is 0 Å². The summed E-state index contributed by atoms with van der Waals surface area (Å²) in [7, 11) is -3.51. The van der Waals surface area contributed by atoms with Gasteiger partial charge in [0.1, 0.15) is 4.21 Å². The molecule has 0 bridgehead atoms. The maximum absolute atomic E-state index is 12.1. The third-order valence-electron chi connectivity index (χ3n) is 3.90. The van der Waals surface area contributed by atoms with Crippen molar-refractivity contribution in [2.45, 2.75) is 36.3 Å². The average molecular weight is 338 g/mol. The highest BCUT2D eigenvalue weighted by Gasteiger charge is 2.25. The lowest BCUT2D eigenvalue weighted by Gasteiger charge is -2.29. The Bertz CT molecular complexity index is 523. The first-order chi connectivity index (χ1) is 9.53. The fourth-order valence-electron chi connectivity index (χ4n) is 2.72. The van der Waals surface area contributed by atoms with E-state index in [9.17, 15) is 13.5 Å². The summed E-state index contributed by atoms with van der Waals surface area (Å²) < 4.78 is 27.5. The Hall–Kier alpha value is -0.140. The van der Waals surface area contributed by atoms with Crippen molar-refractivity contribution < 1.29 is 13.5 Å². The van der Waals surface area contributed by atoms with Crippen molar-refractivity contribution in [1.82, 2.24) is 4.72 Å². The zero-order valence-corrected chi connectivity index (χ0v) is 13.6. The zero-order valence-electron chi connectivity index (χ0n) is 11.2. The van der Waals surface area contributed by atoms with Crippen LogP contribution < -0.4 is 4.72 Å². The summed E-state index contributed by atoms with van der Waals surface area (Å²) in [6.07, 6.45) is 5.76. The Labute approximate surface area is 129 Å². The van der Waals surface area contributed by atoms with Crippen LogP contribution in [0.3, 0.4) is 0 Å². The van der Waals surface area contributed by atoms with Gasteiger partial charge in [-0.15, -0.1) is 11.3 Å². The minimum absolute atomic E-state index is 0.000471. The van der Waals surface area contributed by atoms with E-state index in [1.165, 1.54) is 25.3 Å². The second-order valence-corrected chi connectivity index (χ2v) is 8.96. The molecule has 0 radical (unpaired) electrons. The SMILES string of the molecule is O=S(=O)(NC[C@H](CO)C1CCCCC1)c1ccc(Cl)s1. The van der Waals surface area contributed by atoms with E-state index < -0.39 is 10.0 Å². The van der Waals surface area contributed by atoms with Gasteiger partial charge in [-0.2, -0.15) is 0 Å². The standard InChI is InChI=1S/C13H20ClNO3S2/c14-12-6-7-13(19-12)20(17,18)15-8-11(9-16)10-4-2-1-3-5-10/h6-7,10-11,15-16H,1-5,8-9H2/t11-/m1/s1. The summed E-state index contributed by atoms with van der Waals surface area (Å²) in [6.45, 7) is 0.317. The van der Waals surface area contributed by atoms with E-state index in [-0.39, 0.29) is 16.7 Å². The van der Waals surface area contributed by atoms with Gasteiger partial charge in [-0.05, 0) is 24.0 Å². The molecule has 1 heterocycles. The van der Waals surface area contributed by atoms with Gasteiger partial charge in [0, 0.05) is 13.2 Å². The number of rotatable bonds is 6. The van der Waals surface area contributed by atoms with Crippen molar-refractivity contribution in [1.29, 1.82) is 0 Å². The van der Waals surface area contributed by atoms with Crippen LogP contribution in [0, 0.1) is 11.8 Å². The number of sulfonamides is 1. The molecule has 2 N–H and O–H groups in total. The fraction of sp³-hybridized carbons (Fsp3) is 0.692. The van der Waals surface area contributed by atoms with Crippen LogP contribution in [0.4, 0.5) is 0 Å². The zero-order chi connectivity index (χ0) is 14.6. The number of aliphatic hydroxyl groups excluding tert-OH is 1. The van der Waals surface area contributed by atoms with Crippen LogP contribution >= 0.6 is 22.9 Å². The van der Waals surface area contributed by atoms with Gasteiger partial charge in [-0.25, -0.2) is 13.1 Å². The highest BCUT2D eigenvalue weighted by molar-refractivity contribution is 7.91. The van der Waals surface area contributed by atoms with Crippen LogP contribution in [-0.2, 0) is 10.0 Å². The smallest absolute Gasteiger partial charge is 0.250 e. The van der Waals surface area contributed by atoms with Crippen LogP contribution in [0.2, 0.25) is 4.34 Å². The molecule has 1 aliphatic carbocycles. The van der Waals surface area contributed by atoms with Crippen LogP contribution in [0.5, 0.6) is 0 Å². The maximum Gasteiger partial charge on any atom is 0.250 e. The van der Waals surface area contributed by atoms with Gasteiger partial charge < -0.3 is 5.11 Å².